The predicted octanol–water partition coefficient (Wildman–Crippen LogP) is 4.44. The van der Waals surface area contributed by atoms with Gasteiger partial charge in [-0.15, -0.1) is 11.3 Å². The summed E-state index contributed by atoms with van der Waals surface area (Å²) in [6.45, 7) is 4.81. The molecule has 198 valence electrons. The first-order valence-corrected chi connectivity index (χ1v) is 13.4. The predicted molar refractivity (Wildman–Crippen MR) is 146 cm³/mol. The third-order valence-corrected chi connectivity index (χ3v) is 7.81. The number of benzene rings is 1. The first-order valence-electron chi connectivity index (χ1n) is 12.5. The fourth-order valence-electron chi connectivity index (χ4n) is 4.90. The molecule has 1 N–H and O–H groups in total. The summed E-state index contributed by atoms with van der Waals surface area (Å²) >= 11 is 1.48. The number of aromatic nitrogens is 3. The number of halogens is 1. The van der Waals surface area contributed by atoms with Crippen LogP contribution < -0.4 is 9.80 Å². The van der Waals surface area contributed by atoms with Gasteiger partial charge in [-0.2, -0.15) is 0 Å². The van der Waals surface area contributed by atoms with Gasteiger partial charge in [0, 0.05) is 37.3 Å². The lowest BCUT2D eigenvalue weighted by atomic mass is 10.1. The number of aliphatic carboxylic acids is 1. The van der Waals surface area contributed by atoms with E-state index in [0.717, 1.165) is 39.2 Å². The second-order valence-corrected chi connectivity index (χ2v) is 10.0. The number of fused-ring (bicyclic) bond motifs is 1. The average Bonchev–Trinajstić information content (AvgIpc) is 3.54. The number of aryl methyl sites for hydroxylation is 1. The molecule has 5 rings (SSSR count). The van der Waals surface area contributed by atoms with Crippen LogP contribution in [0.2, 0.25) is 0 Å². The van der Waals surface area contributed by atoms with E-state index in [-0.39, 0.29) is 18.3 Å². The SMILES string of the molecule is CCc1nc2ccc(N3CCN(C(CC)C(=O)O)CC3=O)cn2c1N(C)c1nc(-c2ccc(F)cc2)cs1. The number of piperazine rings is 1. The van der Waals surface area contributed by atoms with Crippen LogP contribution in [0, 0.1) is 5.82 Å². The highest BCUT2D eigenvalue weighted by Gasteiger charge is 2.32. The molecule has 1 aliphatic rings. The van der Waals surface area contributed by atoms with E-state index in [0.29, 0.717) is 25.9 Å². The number of rotatable bonds is 8. The second-order valence-electron chi connectivity index (χ2n) is 9.21. The van der Waals surface area contributed by atoms with Crippen molar-refractivity contribution < 1.29 is 19.1 Å². The van der Waals surface area contributed by atoms with E-state index in [1.165, 1.54) is 23.5 Å². The molecular weight excluding hydrogens is 507 g/mol. The number of anilines is 3. The zero-order chi connectivity index (χ0) is 27.0. The smallest absolute Gasteiger partial charge is 0.320 e. The zero-order valence-electron chi connectivity index (χ0n) is 21.5. The Morgan fingerprint density at radius 2 is 1.92 bits per heavy atom. The number of amides is 1. The number of thiazole rings is 1. The van der Waals surface area contributed by atoms with Crippen LogP contribution >= 0.6 is 11.3 Å². The van der Waals surface area contributed by atoms with Crippen molar-refractivity contribution in [2.24, 2.45) is 0 Å². The fourth-order valence-corrected chi connectivity index (χ4v) is 5.70. The number of imidazole rings is 1. The van der Waals surface area contributed by atoms with Gasteiger partial charge in [0.25, 0.3) is 0 Å². The quantitative estimate of drug-likeness (QED) is 0.356. The van der Waals surface area contributed by atoms with Crippen molar-refractivity contribution in [3.05, 3.63) is 59.5 Å². The van der Waals surface area contributed by atoms with E-state index in [1.807, 2.05) is 53.9 Å². The van der Waals surface area contributed by atoms with E-state index in [9.17, 15) is 19.1 Å². The van der Waals surface area contributed by atoms with Gasteiger partial charge in [0.15, 0.2) is 5.13 Å². The van der Waals surface area contributed by atoms with Crippen LogP contribution in [0.4, 0.5) is 21.0 Å². The van der Waals surface area contributed by atoms with Crippen LogP contribution in [-0.4, -0.2) is 69.0 Å². The Bertz CT molecular complexity index is 1480. The molecule has 0 aliphatic carbocycles. The minimum Gasteiger partial charge on any atom is -0.480 e. The average molecular weight is 537 g/mol. The Labute approximate surface area is 223 Å². The normalized spacial score (nSPS) is 15.3. The maximum Gasteiger partial charge on any atom is 0.320 e. The molecule has 1 aliphatic heterocycles. The molecule has 1 aromatic carbocycles. The van der Waals surface area contributed by atoms with Crippen LogP contribution in [0.25, 0.3) is 16.9 Å². The van der Waals surface area contributed by atoms with Crippen molar-refractivity contribution in [2.45, 2.75) is 32.7 Å². The number of carbonyl (C=O) groups is 2. The van der Waals surface area contributed by atoms with Crippen molar-refractivity contribution in [1.29, 1.82) is 0 Å². The molecule has 4 aromatic rings. The highest BCUT2D eigenvalue weighted by molar-refractivity contribution is 7.14. The first kappa shape index (κ1) is 25.8. The topological polar surface area (TPSA) is 94.3 Å². The lowest BCUT2D eigenvalue weighted by Gasteiger charge is -2.36. The molecule has 1 amide bonds. The van der Waals surface area contributed by atoms with Crippen LogP contribution in [0.1, 0.15) is 26.0 Å². The maximum atomic E-state index is 13.4. The van der Waals surface area contributed by atoms with E-state index >= 15 is 0 Å². The molecule has 1 fully saturated rings. The second kappa shape index (κ2) is 10.5. The maximum absolute atomic E-state index is 13.4. The first-order chi connectivity index (χ1) is 18.3. The van der Waals surface area contributed by atoms with Crippen LogP contribution in [0.3, 0.4) is 0 Å². The summed E-state index contributed by atoms with van der Waals surface area (Å²) in [5.74, 6) is -0.474. The van der Waals surface area contributed by atoms with Gasteiger partial charge in [0.2, 0.25) is 5.91 Å². The summed E-state index contributed by atoms with van der Waals surface area (Å²) in [5.41, 5.74) is 3.98. The minimum absolute atomic E-state index is 0.0605. The molecule has 0 saturated carbocycles. The Morgan fingerprint density at radius 1 is 1.16 bits per heavy atom. The number of hydrogen-bond acceptors (Lipinski definition) is 7. The van der Waals surface area contributed by atoms with Gasteiger partial charge >= 0.3 is 5.97 Å². The summed E-state index contributed by atoms with van der Waals surface area (Å²) in [6, 6.07) is 9.37. The highest BCUT2D eigenvalue weighted by atomic mass is 32.1. The zero-order valence-corrected chi connectivity index (χ0v) is 22.3. The minimum atomic E-state index is -0.905. The largest absolute Gasteiger partial charge is 0.480 e. The fraction of sp³-hybridized carbons (Fsp3) is 0.333. The van der Waals surface area contributed by atoms with Gasteiger partial charge in [-0.1, -0.05) is 13.8 Å². The Hall–Kier alpha value is -3.83. The number of carboxylic acids is 1. The Morgan fingerprint density at radius 3 is 2.58 bits per heavy atom. The van der Waals surface area contributed by atoms with Gasteiger partial charge in [-0.25, -0.2) is 14.4 Å². The van der Waals surface area contributed by atoms with E-state index in [4.69, 9.17) is 9.97 Å². The Balaban J connectivity index is 1.45. The standard InChI is InChI=1S/C27H29FN6O3S/c1-4-20-25(31(3)27-30-21(16-38-27)17-6-8-18(28)9-7-17)34-14-19(10-11-23(34)29-20)33-13-12-32(15-24(33)35)22(5-2)26(36)37/h6-11,14,16,22H,4-5,12-13,15H2,1-3H3,(H,36,37). The van der Waals surface area contributed by atoms with E-state index in [1.54, 1.807) is 21.9 Å². The summed E-state index contributed by atoms with van der Waals surface area (Å²) in [5, 5.41) is 12.2. The van der Waals surface area contributed by atoms with Crippen LogP contribution in [-0.2, 0) is 16.0 Å². The molecule has 9 nitrogen and oxygen atoms in total. The number of hydrogen-bond donors (Lipinski definition) is 1. The molecule has 4 heterocycles. The molecule has 1 saturated heterocycles. The molecule has 0 radical (unpaired) electrons. The molecule has 3 aromatic heterocycles. The summed E-state index contributed by atoms with van der Waals surface area (Å²) < 4.78 is 15.3. The van der Waals surface area contributed by atoms with Crippen molar-refractivity contribution in [1.82, 2.24) is 19.3 Å². The molecule has 1 unspecified atom stereocenters. The van der Waals surface area contributed by atoms with Crippen molar-refractivity contribution in [2.75, 3.05) is 36.5 Å². The summed E-state index contributed by atoms with van der Waals surface area (Å²) in [4.78, 5) is 39.7. The molecule has 1 atom stereocenters. The van der Waals surface area contributed by atoms with Crippen LogP contribution in [0.5, 0.6) is 0 Å². The van der Waals surface area contributed by atoms with Gasteiger partial charge < -0.3 is 14.9 Å². The number of nitrogens with zero attached hydrogens (tertiary/aromatic N) is 6. The monoisotopic (exact) mass is 536 g/mol. The van der Waals surface area contributed by atoms with E-state index in [2.05, 4.69) is 0 Å². The Kier molecular flexibility index (Phi) is 7.13. The molecule has 11 heteroatoms. The molecule has 0 spiro atoms. The molecule has 0 bridgehead atoms. The molecule has 38 heavy (non-hydrogen) atoms. The van der Waals surface area contributed by atoms with Crippen molar-refractivity contribution in [3.8, 4) is 11.3 Å². The van der Waals surface area contributed by atoms with Crippen LogP contribution in [0.15, 0.2) is 48.0 Å². The van der Waals surface area contributed by atoms with Gasteiger partial charge in [-0.3, -0.25) is 18.9 Å². The van der Waals surface area contributed by atoms with Crippen molar-refractivity contribution >= 4 is 45.5 Å². The van der Waals surface area contributed by atoms with Gasteiger partial charge in [0.1, 0.15) is 23.3 Å². The third-order valence-electron chi connectivity index (χ3n) is 6.89. The summed E-state index contributed by atoms with van der Waals surface area (Å²) in [6.07, 6.45) is 3.06. The summed E-state index contributed by atoms with van der Waals surface area (Å²) in [7, 11) is 1.93. The third kappa shape index (κ3) is 4.74. The number of carbonyl (C=O) groups excluding carboxylic acids is 1. The number of pyridine rings is 1. The highest BCUT2D eigenvalue weighted by Crippen LogP contribution is 2.34. The molecular formula is C27H29FN6O3S. The van der Waals surface area contributed by atoms with Gasteiger partial charge in [0.05, 0.1) is 23.6 Å². The van der Waals surface area contributed by atoms with Gasteiger partial charge in [-0.05, 0) is 49.2 Å². The lowest BCUT2D eigenvalue weighted by molar-refractivity contribution is -0.144. The lowest BCUT2D eigenvalue weighted by Crippen LogP contribution is -2.55. The van der Waals surface area contributed by atoms with E-state index < -0.39 is 12.0 Å². The van der Waals surface area contributed by atoms with Crippen molar-refractivity contribution in [3.63, 3.8) is 0 Å². The number of carboxylic acid groups (broad SMARTS) is 1.